The minimum absolute atomic E-state index is 0.0205. The van der Waals surface area contributed by atoms with E-state index in [2.05, 4.69) is 10.6 Å². The number of benzene rings is 1. The number of aliphatic hydroxyl groups excluding tert-OH is 1. The van der Waals surface area contributed by atoms with Crippen molar-refractivity contribution in [3.8, 4) is 0 Å². The molecule has 1 aromatic rings. The van der Waals surface area contributed by atoms with Crippen molar-refractivity contribution in [3.05, 3.63) is 24.3 Å². The number of rotatable bonds is 6. The van der Waals surface area contributed by atoms with Gasteiger partial charge in [0.2, 0.25) is 10.0 Å². The molecule has 0 aromatic heterocycles. The fourth-order valence-corrected chi connectivity index (χ4v) is 2.81. The van der Waals surface area contributed by atoms with Crippen LogP contribution in [0, 0.1) is 0 Å². The first-order valence-electron chi connectivity index (χ1n) is 6.52. The molecule has 0 bridgehead atoms. The van der Waals surface area contributed by atoms with E-state index in [4.69, 9.17) is 17.3 Å². The van der Waals surface area contributed by atoms with Gasteiger partial charge in [-0.1, -0.05) is 13.0 Å². The minimum atomic E-state index is -3.48. The quantitative estimate of drug-likeness (QED) is 0.675. The van der Waals surface area contributed by atoms with Gasteiger partial charge in [0, 0.05) is 19.8 Å². The van der Waals surface area contributed by atoms with E-state index in [1.54, 1.807) is 12.1 Å². The zero-order valence-corrected chi connectivity index (χ0v) is 14.0. The van der Waals surface area contributed by atoms with Gasteiger partial charge in [-0.05, 0) is 36.8 Å². The van der Waals surface area contributed by atoms with E-state index in [-0.39, 0.29) is 17.5 Å². The van der Waals surface area contributed by atoms with Crippen LogP contribution in [-0.2, 0) is 10.0 Å². The SMILES string of the molecule is CC[C@H](CO)NC(=S)Nc1cccc(S(=O)(=O)N(C)C)c1. The van der Waals surface area contributed by atoms with Crippen molar-refractivity contribution in [1.82, 2.24) is 9.62 Å². The Kier molecular flexibility index (Phi) is 6.53. The lowest BCUT2D eigenvalue weighted by Crippen LogP contribution is -2.39. The van der Waals surface area contributed by atoms with Crippen LogP contribution in [0.5, 0.6) is 0 Å². The van der Waals surface area contributed by atoms with Crippen molar-refractivity contribution in [1.29, 1.82) is 0 Å². The summed E-state index contributed by atoms with van der Waals surface area (Å²) >= 11 is 5.14. The second kappa shape index (κ2) is 7.69. The fourth-order valence-electron chi connectivity index (χ4n) is 1.57. The Balaban J connectivity index is 2.85. The van der Waals surface area contributed by atoms with Gasteiger partial charge in [-0.3, -0.25) is 0 Å². The predicted octanol–water partition coefficient (Wildman–Crippen LogP) is 0.994. The third-order valence-corrected chi connectivity index (χ3v) is 4.95. The fraction of sp³-hybridized carbons (Fsp3) is 0.462. The molecule has 8 heteroatoms. The molecular weight excluding hydrogens is 310 g/mol. The third kappa shape index (κ3) is 4.92. The highest BCUT2D eigenvalue weighted by atomic mass is 32.2. The van der Waals surface area contributed by atoms with Crippen molar-refractivity contribution < 1.29 is 13.5 Å². The Morgan fingerprint density at radius 3 is 2.62 bits per heavy atom. The van der Waals surface area contributed by atoms with Crippen LogP contribution >= 0.6 is 12.2 Å². The number of anilines is 1. The summed E-state index contributed by atoms with van der Waals surface area (Å²) in [5.41, 5.74) is 0.572. The van der Waals surface area contributed by atoms with Crippen LogP contribution in [0.25, 0.3) is 0 Å². The van der Waals surface area contributed by atoms with Gasteiger partial charge in [0.05, 0.1) is 17.5 Å². The average molecular weight is 331 g/mol. The molecular formula is C13H21N3O3S2. The van der Waals surface area contributed by atoms with Crippen LogP contribution in [0.1, 0.15) is 13.3 Å². The maximum absolute atomic E-state index is 12.1. The molecule has 6 nitrogen and oxygen atoms in total. The molecule has 3 N–H and O–H groups in total. The van der Waals surface area contributed by atoms with Gasteiger partial charge in [-0.2, -0.15) is 0 Å². The number of aliphatic hydroxyl groups is 1. The first kappa shape index (κ1) is 17.8. The number of sulfonamides is 1. The van der Waals surface area contributed by atoms with Crippen LogP contribution in [0.4, 0.5) is 5.69 Å². The number of nitrogens with zero attached hydrogens (tertiary/aromatic N) is 1. The van der Waals surface area contributed by atoms with Crippen molar-refractivity contribution in [2.75, 3.05) is 26.0 Å². The Hall–Kier alpha value is -1.22. The lowest BCUT2D eigenvalue weighted by Gasteiger charge is -2.18. The van der Waals surface area contributed by atoms with E-state index in [0.717, 1.165) is 10.7 Å². The third-order valence-electron chi connectivity index (χ3n) is 2.92. The monoisotopic (exact) mass is 331 g/mol. The number of hydrogen-bond acceptors (Lipinski definition) is 4. The number of hydrogen-bond donors (Lipinski definition) is 3. The van der Waals surface area contributed by atoms with Crippen LogP contribution in [0.2, 0.25) is 0 Å². The normalized spacial score (nSPS) is 13.0. The van der Waals surface area contributed by atoms with Crippen LogP contribution < -0.4 is 10.6 Å². The summed E-state index contributed by atoms with van der Waals surface area (Å²) in [4.78, 5) is 0.189. The van der Waals surface area contributed by atoms with E-state index in [0.29, 0.717) is 10.8 Å². The van der Waals surface area contributed by atoms with Crippen molar-refractivity contribution in [3.63, 3.8) is 0 Å². The Morgan fingerprint density at radius 2 is 2.10 bits per heavy atom. The summed E-state index contributed by atoms with van der Waals surface area (Å²) in [5, 5.41) is 15.3. The summed E-state index contributed by atoms with van der Waals surface area (Å²) in [6.45, 7) is 1.91. The van der Waals surface area contributed by atoms with Crippen LogP contribution in [-0.4, -0.2) is 49.7 Å². The van der Waals surface area contributed by atoms with Gasteiger partial charge in [-0.15, -0.1) is 0 Å². The van der Waals surface area contributed by atoms with Crippen LogP contribution in [0.3, 0.4) is 0 Å². The highest BCUT2D eigenvalue weighted by Crippen LogP contribution is 2.17. The highest BCUT2D eigenvalue weighted by molar-refractivity contribution is 7.89. The first-order valence-corrected chi connectivity index (χ1v) is 8.37. The maximum Gasteiger partial charge on any atom is 0.242 e. The summed E-state index contributed by atoms with van der Waals surface area (Å²) in [5.74, 6) is 0. The molecule has 0 radical (unpaired) electrons. The van der Waals surface area contributed by atoms with E-state index in [1.165, 1.54) is 26.2 Å². The summed E-state index contributed by atoms with van der Waals surface area (Å²) in [7, 11) is -0.516. The lowest BCUT2D eigenvalue weighted by molar-refractivity contribution is 0.253. The van der Waals surface area contributed by atoms with Gasteiger partial charge < -0.3 is 15.7 Å². The molecule has 1 rings (SSSR count). The number of nitrogens with one attached hydrogen (secondary N) is 2. The molecule has 0 saturated heterocycles. The largest absolute Gasteiger partial charge is 0.394 e. The smallest absolute Gasteiger partial charge is 0.242 e. The summed E-state index contributed by atoms with van der Waals surface area (Å²) in [6, 6.07) is 6.29. The molecule has 0 aliphatic heterocycles. The van der Waals surface area contributed by atoms with E-state index < -0.39 is 10.0 Å². The molecule has 0 heterocycles. The zero-order chi connectivity index (χ0) is 16.0. The zero-order valence-electron chi connectivity index (χ0n) is 12.3. The maximum atomic E-state index is 12.1. The Bertz CT molecular complexity index is 584. The molecule has 0 aliphatic rings. The van der Waals surface area contributed by atoms with Crippen molar-refractivity contribution >= 4 is 33.0 Å². The molecule has 1 aromatic carbocycles. The minimum Gasteiger partial charge on any atom is -0.394 e. The Labute approximate surface area is 131 Å². The second-order valence-corrected chi connectivity index (χ2v) is 7.26. The van der Waals surface area contributed by atoms with E-state index >= 15 is 0 Å². The standard InChI is InChI=1S/C13H21N3O3S2/c1-4-10(9-17)14-13(20)15-11-6-5-7-12(8-11)21(18,19)16(2)3/h5-8,10,17H,4,9H2,1-3H3,(H2,14,15,20)/t10-/m1/s1. The summed E-state index contributed by atoms with van der Waals surface area (Å²) < 4.78 is 25.3. The molecule has 21 heavy (non-hydrogen) atoms. The van der Waals surface area contributed by atoms with Gasteiger partial charge in [-0.25, -0.2) is 12.7 Å². The molecule has 0 spiro atoms. The molecule has 0 saturated carbocycles. The van der Waals surface area contributed by atoms with Gasteiger partial charge >= 0.3 is 0 Å². The van der Waals surface area contributed by atoms with Crippen molar-refractivity contribution in [2.45, 2.75) is 24.3 Å². The molecule has 0 aliphatic carbocycles. The van der Waals surface area contributed by atoms with Crippen LogP contribution in [0.15, 0.2) is 29.2 Å². The molecule has 0 unspecified atom stereocenters. The topological polar surface area (TPSA) is 81.7 Å². The van der Waals surface area contributed by atoms with Gasteiger partial charge in [0.15, 0.2) is 5.11 Å². The summed E-state index contributed by atoms with van der Waals surface area (Å²) in [6.07, 6.45) is 0.730. The molecule has 1 atom stereocenters. The second-order valence-electron chi connectivity index (χ2n) is 4.70. The van der Waals surface area contributed by atoms with Crippen molar-refractivity contribution in [2.24, 2.45) is 0 Å². The van der Waals surface area contributed by atoms with E-state index in [1.807, 2.05) is 6.92 Å². The predicted molar refractivity (Wildman–Crippen MR) is 87.8 cm³/mol. The molecule has 0 amide bonds. The lowest BCUT2D eigenvalue weighted by atomic mass is 10.2. The molecule has 0 fully saturated rings. The Morgan fingerprint density at radius 1 is 1.43 bits per heavy atom. The highest BCUT2D eigenvalue weighted by Gasteiger charge is 2.17. The first-order chi connectivity index (χ1) is 9.81. The van der Waals surface area contributed by atoms with E-state index in [9.17, 15) is 8.42 Å². The van der Waals surface area contributed by atoms with Gasteiger partial charge in [0.25, 0.3) is 0 Å². The average Bonchev–Trinajstić information content (AvgIpc) is 2.44. The number of thiocarbonyl (C=S) groups is 1. The molecule has 118 valence electrons. The van der Waals surface area contributed by atoms with Gasteiger partial charge in [0.1, 0.15) is 0 Å².